The smallest absolute Gasteiger partial charge is 0.269 e. The van der Waals surface area contributed by atoms with Crippen LogP contribution in [0.25, 0.3) is 27.3 Å². The van der Waals surface area contributed by atoms with E-state index >= 15 is 0 Å². The molecule has 4 heterocycles. The van der Waals surface area contributed by atoms with Crippen LogP contribution >= 0.6 is 24.8 Å². The van der Waals surface area contributed by atoms with Gasteiger partial charge < -0.3 is 10.6 Å². The van der Waals surface area contributed by atoms with Crippen LogP contribution in [0.5, 0.6) is 0 Å². The highest BCUT2D eigenvalue weighted by Crippen LogP contribution is 2.33. The van der Waals surface area contributed by atoms with Crippen LogP contribution in [-0.2, 0) is 6.42 Å². The monoisotopic (exact) mass is 549 g/mol. The quantitative estimate of drug-likeness (QED) is 0.291. The summed E-state index contributed by atoms with van der Waals surface area (Å²) < 4.78 is 2.05. The SMILES string of the molecule is Cc1ccc2c(C3CCN(CCc4cccc5c4ccc4c(C(N)=O)nc(C)n45)CC3)cccc2n1.Cl.Cl. The Morgan fingerprint density at radius 2 is 1.63 bits per heavy atom. The number of pyridine rings is 2. The Balaban J connectivity index is 0.00000168. The van der Waals surface area contributed by atoms with Gasteiger partial charge in [-0.1, -0.05) is 36.4 Å². The third-order valence-corrected chi connectivity index (χ3v) is 7.77. The number of amides is 1. The first-order valence-electron chi connectivity index (χ1n) is 12.8. The number of fused-ring (bicyclic) bond motifs is 4. The largest absolute Gasteiger partial charge is 0.364 e. The minimum atomic E-state index is -0.491. The molecular formula is C30H33Cl2N5O. The number of likely N-dealkylation sites (tertiary alicyclic amines) is 1. The van der Waals surface area contributed by atoms with Crippen molar-refractivity contribution < 1.29 is 4.79 Å². The number of piperidine rings is 1. The molecule has 1 amide bonds. The summed E-state index contributed by atoms with van der Waals surface area (Å²) in [7, 11) is 0. The number of rotatable bonds is 5. The normalized spacial score (nSPS) is 14.5. The zero-order valence-corrected chi connectivity index (χ0v) is 23.3. The lowest BCUT2D eigenvalue weighted by Gasteiger charge is -2.32. The summed E-state index contributed by atoms with van der Waals surface area (Å²) in [4.78, 5) is 23.6. The Labute approximate surface area is 235 Å². The highest BCUT2D eigenvalue weighted by atomic mass is 35.5. The summed E-state index contributed by atoms with van der Waals surface area (Å²) in [5.74, 6) is 0.876. The van der Waals surface area contributed by atoms with Gasteiger partial charge in [0, 0.05) is 23.0 Å². The van der Waals surface area contributed by atoms with Crippen LogP contribution in [0.15, 0.2) is 60.7 Å². The molecule has 0 atom stereocenters. The van der Waals surface area contributed by atoms with Gasteiger partial charge in [-0.05, 0) is 87.5 Å². The predicted molar refractivity (Wildman–Crippen MR) is 159 cm³/mol. The molecule has 1 aliphatic heterocycles. The summed E-state index contributed by atoms with van der Waals surface area (Å²) in [6, 6.07) is 21.4. The van der Waals surface area contributed by atoms with Crippen molar-refractivity contribution in [3.8, 4) is 0 Å². The summed E-state index contributed by atoms with van der Waals surface area (Å²) in [5.41, 5.74) is 12.7. The Kier molecular flexibility index (Phi) is 8.26. The molecule has 198 valence electrons. The molecule has 5 aromatic rings. The van der Waals surface area contributed by atoms with E-state index in [1.165, 1.54) is 34.7 Å². The zero-order chi connectivity index (χ0) is 24.8. The standard InChI is InChI=1S/C30H31N5O.2ClH/c1-19-9-10-25-23(6-4-7-26(25)32-19)22-14-17-34(18-15-22)16-13-21-5-3-8-27-24(21)11-12-28-29(30(31)36)33-20(2)35(27)28;;/h3-12,22H,13-18H2,1-2H3,(H2,31,36);2*1H. The number of halogens is 2. The second kappa shape index (κ2) is 11.3. The van der Waals surface area contributed by atoms with Crippen LogP contribution in [0, 0.1) is 13.8 Å². The van der Waals surface area contributed by atoms with Gasteiger partial charge in [0.05, 0.1) is 16.6 Å². The highest BCUT2D eigenvalue weighted by Gasteiger charge is 2.22. The number of carbonyl (C=O) groups excluding carboxylic acids is 1. The van der Waals surface area contributed by atoms with Crippen LogP contribution in [0.3, 0.4) is 0 Å². The molecule has 1 saturated heterocycles. The van der Waals surface area contributed by atoms with E-state index in [-0.39, 0.29) is 24.8 Å². The van der Waals surface area contributed by atoms with Crippen molar-refractivity contribution >= 4 is 58.0 Å². The number of primary amides is 1. The number of imidazole rings is 1. The minimum Gasteiger partial charge on any atom is -0.364 e. The molecule has 1 aliphatic rings. The zero-order valence-electron chi connectivity index (χ0n) is 21.7. The molecular weight excluding hydrogens is 517 g/mol. The van der Waals surface area contributed by atoms with Crippen LogP contribution in [0.2, 0.25) is 0 Å². The Bertz CT molecular complexity index is 1620. The Morgan fingerprint density at radius 3 is 2.39 bits per heavy atom. The Morgan fingerprint density at radius 1 is 0.895 bits per heavy atom. The number of nitrogens with zero attached hydrogens (tertiary/aromatic N) is 4. The van der Waals surface area contributed by atoms with Gasteiger partial charge in [0.1, 0.15) is 5.82 Å². The van der Waals surface area contributed by atoms with E-state index < -0.39 is 5.91 Å². The van der Waals surface area contributed by atoms with Crippen molar-refractivity contribution in [2.75, 3.05) is 19.6 Å². The molecule has 6 rings (SSSR count). The van der Waals surface area contributed by atoms with Gasteiger partial charge in [0.25, 0.3) is 5.91 Å². The summed E-state index contributed by atoms with van der Waals surface area (Å²) >= 11 is 0. The van der Waals surface area contributed by atoms with Gasteiger partial charge in [-0.25, -0.2) is 4.98 Å². The first kappa shape index (κ1) is 27.8. The molecule has 0 spiro atoms. The van der Waals surface area contributed by atoms with E-state index in [2.05, 4.69) is 71.4 Å². The summed E-state index contributed by atoms with van der Waals surface area (Å²) in [5, 5.41) is 2.51. The fourth-order valence-corrected chi connectivity index (χ4v) is 5.94. The number of benzene rings is 2. The molecule has 0 radical (unpaired) electrons. The van der Waals surface area contributed by atoms with E-state index in [0.29, 0.717) is 11.6 Å². The molecule has 6 nitrogen and oxygen atoms in total. The second-order valence-electron chi connectivity index (χ2n) is 10.0. The van der Waals surface area contributed by atoms with Gasteiger partial charge in [0.15, 0.2) is 5.69 Å². The molecule has 0 saturated carbocycles. The fourth-order valence-electron chi connectivity index (χ4n) is 5.94. The van der Waals surface area contributed by atoms with Gasteiger partial charge in [0.2, 0.25) is 0 Å². The first-order chi connectivity index (χ1) is 17.5. The molecule has 2 N–H and O–H groups in total. The maximum absolute atomic E-state index is 11.8. The Hall–Kier alpha value is -3.19. The third-order valence-electron chi connectivity index (χ3n) is 7.77. The van der Waals surface area contributed by atoms with E-state index in [0.717, 1.165) is 54.1 Å². The number of carbonyl (C=O) groups is 1. The fraction of sp³-hybridized carbons (Fsp3) is 0.300. The molecule has 0 aliphatic carbocycles. The average molecular weight is 551 g/mol. The lowest BCUT2D eigenvalue weighted by Crippen LogP contribution is -2.34. The van der Waals surface area contributed by atoms with Crippen molar-refractivity contribution in [2.45, 2.75) is 39.0 Å². The summed E-state index contributed by atoms with van der Waals surface area (Å²) in [6.07, 6.45) is 3.34. The van der Waals surface area contributed by atoms with Crippen molar-refractivity contribution in [3.63, 3.8) is 0 Å². The van der Waals surface area contributed by atoms with Crippen LogP contribution in [0.1, 0.15) is 51.9 Å². The highest BCUT2D eigenvalue weighted by molar-refractivity contribution is 6.00. The summed E-state index contributed by atoms with van der Waals surface area (Å²) in [6.45, 7) is 7.23. The topological polar surface area (TPSA) is 76.5 Å². The van der Waals surface area contributed by atoms with Gasteiger partial charge in [-0.15, -0.1) is 24.8 Å². The average Bonchev–Trinajstić information content (AvgIpc) is 3.24. The lowest BCUT2D eigenvalue weighted by molar-refractivity contribution is 0.0997. The molecule has 38 heavy (non-hydrogen) atoms. The van der Waals surface area contributed by atoms with Gasteiger partial charge in [-0.2, -0.15) is 0 Å². The third kappa shape index (κ3) is 4.96. The van der Waals surface area contributed by atoms with Crippen LogP contribution in [0.4, 0.5) is 0 Å². The van der Waals surface area contributed by atoms with Crippen molar-refractivity contribution in [1.29, 1.82) is 0 Å². The van der Waals surface area contributed by atoms with Gasteiger partial charge >= 0.3 is 0 Å². The molecule has 2 aromatic carbocycles. The van der Waals surface area contributed by atoms with E-state index in [4.69, 9.17) is 10.7 Å². The second-order valence-corrected chi connectivity index (χ2v) is 10.0. The molecule has 1 fully saturated rings. The minimum absolute atomic E-state index is 0. The van der Waals surface area contributed by atoms with Crippen molar-refractivity contribution in [1.82, 2.24) is 19.3 Å². The molecule has 0 unspecified atom stereocenters. The van der Waals surface area contributed by atoms with E-state index in [1.807, 2.05) is 17.4 Å². The predicted octanol–water partition coefficient (Wildman–Crippen LogP) is 6.02. The molecule has 8 heteroatoms. The van der Waals surface area contributed by atoms with Crippen LogP contribution < -0.4 is 5.73 Å². The number of nitrogens with two attached hydrogens (primary N) is 1. The van der Waals surface area contributed by atoms with E-state index in [1.54, 1.807) is 0 Å². The molecule has 0 bridgehead atoms. The van der Waals surface area contributed by atoms with Crippen LogP contribution in [-0.4, -0.2) is 44.8 Å². The van der Waals surface area contributed by atoms with Gasteiger partial charge in [-0.3, -0.25) is 14.2 Å². The number of aryl methyl sites for hydroxylation is 2. The maximum Gasteiger partial charge on any atom is 0.269 e. The molecule has 3 aromatic heterocycles. The number of hydrogen-bond acceptors (Lipinski definition) is 4. The maximum atomic E-state index is 11.8. The first-order valence-corrected chi connectivity index (χ1v) is 12.8. The van der Waals surface area contributed by atoms with Crippen molar-refractivity contribution in [2.24, 2.45) is 5.73 Å². The number of aromatic nitrogens is 3. The van der Waals surface area contributed by atoms with E-state index in [9.17, 15) is 4.79 Å². The van der Waals surface area contributed by atoms with Crippen molar-refractivity contribution in [3.05, 3.63) is 89.0 Å². The number of hydrogen-bond donors (Lipinski definition) is 1. The lowest BCUT2D eigenvalue weighted by atomic mass is 9.87.